The number of methoxy groups -OCH3 is 1. The molecule has 138 valence electrons. The third kappa shape index (κ3) is 4.77. The second-order valence-corrected chi connectivity index (χ2v) is 6.30. The third-order valence-electron chi connectivity index (χ3n) is 3.94. The maximum absolute atomic E-state index is 12.2. The average Bonchev–Trinajstić information content (AvgIpc) is 3.12. The van der Waals surface area contributed by atoms with Crippen LogP contribution < -0.4 is 9.47 Å². The zero-order chi connectivity index (χ0) is 19.2. The molecule has 1 heterocycles. The van der Waals surface area contributed by atoms with Crippen molar-refractivity contribution in [3.8, 4) is 11.5 Å². The molecular weight excluding hydrogens is 364 g/mol. The Bertz CT molecular complexity index is 979. The Hall–Kier alpha value is -3.05. The van der Waals surface area contributed by atoms with E-state index in [0.717, 1.165) is 11.1 Å². The van der Waals surface area contributed by atoms with Crippen LogP contribution >= 0.6 is 11.6 Å². The van der Waals surface area contributed by atoms with E-state index in [1.54, 1.807) is 43.4 Å². The van der Waals surface area contributed by atoms with E-state index >= 15 is 0 Å². The van der Waals surface area contributed by atoms with Crippen molar-refractivity contribution in [3.05, 3.63) is 82.6 Å². The van der Waals surface area contributed by atoms with Gasteiger partial charge in [-0.15, -0.1) is 0 Å². The SMILES string of the molecule is COc1ccc(/C=C/C(=O)c2cnn(C)c2)cc1COc1ccccc1Cl. The second kappa shape index (κ2) is 8.56. The van der Waals surface area contributed by atoms with E-state index in [4.69, 9.17) is 21.1 Å². The smallest absolute Gasteiger partial charge is 0.189 e. The van der Waals surface area contributed by atoms with Crippen molar-refractivity contribution in [1.29, 1.82) is 0 Å². The van der Waals surface area contributed by atoms with Crippen LogP contribution in [0.1, 0.15) is 21.5 Å². The van der Waals surface area contributed by atoms with Gasteiger partial charge in [-0.1, -0.05) is 35.9 Å². The third-order valence-corrected chi connectivity index (χ3v) is 4.25. The van der Waals surface area contributed by atoms with Gasteiger partial charge in [-0.25, -0.2) is 0 Å². The van der Waals surface area contributed by atoms with Crippen LogP contribution in [0.2, 0.25) is 5.02 Å². The summed E-state index contributed by atoms with van der Waals surface area (Å²) in [4.78, 5) is 12.2. The molecule has 0 N–H and O–H groups in total. The highest BCUT2D eigenvalue weighted by atomic mass is 35.5. The zero-order valence-corrected chi connectivity index (χ0v) is 15.8. The Morgan fingerprint density at radius 1 is 1.22 bits per heavy atom. The van der Waals surface area contributed by atoms with Gasteiger partial charge >= 0.3 is 0 Å². The molecule has 0 unspecified atom stereocenters. The predicted molar refractivity (Wildman–Crippen MR) is 105 cm³/mol. The van der Waals surface area contributed by atoms with Crippen LogP contribution in [0, 0.1) is 0 Å². The fourth-order valence-corrected chi connectivity index (χ4v) is 2.74. The van der Waals surface area contributed by atoms with Crippen LogP contribution in [0.3, 0.4) is 0 Å². The van der Waals surface area contributed by atoms with E-state index in [9.17, 15) is 4.79 Å². The van der Waals surface area contributed by atoms with Gasteiger partial charge in [0.25, 0.3) is 0 Å². The minimum absolute atomic E-state index is 0.104. The fourth-order valence-electron chi connectivity index (χ4n) is 2.55. The number of ketones is 1. The molecule has 0 fully saturated rings. The molecule has 0 amide bonds. The number of nitrogens with zero attached hydrogens (tertiary/aromatic N) is 2. The lowest BCUT2D eigenvalue weighted by atomic mass is 10.1. The quantitative estimate of drug-likeness (QED) is 0.444. The Labute approximate surface area is 162 Å². The van der Waals surface area contributed by atoms with Crippen molar-refractivity contribution >= 4 is 23.5 Å². The van der Waals surface area contributed by atoms with Crippen LogP contribution in [0.25, 0.3) is 6.08 Å². The largest absolute Gasteiger partial charge is 0.496 e. The lowest BCUT2D eigenvalue weighted by molar-refractivity contribution is 0.104. The number of hydrogen-bond donors (Lipinski definition) is 0. The molecule has 0 radical (unpaired) electrons. The standard InChI is InChI=1S/C21H19ClN2O3/c1-24-13-17(12-23-24)19(25)9-7-15-8-10-20(26-2)16(11-15)14-27-21-6-4-3-5-18(21)22/h3-13H,14H2,1-2H3/b9-7+. The topological polar surface area (TPSA) is 53.3 Å². The summed E-state index contributed by atoms with van der Waals surface area (Å²) in [5, 5.41) is 4.56. The minimum atomic E-state index is -0.104. The maximum atomic E-state index is 12.2. The number of aromatic nitrogens is 2. The molecule has 3 rings (SSSR count). The van der Waals surface area contributed by atoms with Gasteiger partial charge in [-0.3, -0.25) is 9.48 Å². The normalized spacial score (nSPS) is 10.9. The molecule has 1 aromatic heterocycles. The summed E-state index contributed by atoms with van der Waals surface area (Å²) < 4.78 is 12.8. The molecule has 3 aromatic rings. The first kappa shape index (κ1) is 18.7. The van der Waals surface area contributed by atoms with Crippen LogP contribution in [-0.4, -0.2) is 22.7 Å². The van der Waals surface area contributed by atoms with E-state index in [-0.39, 0.29) is 5.78 Å². The van der Waals surface area contributed by atoms with Gasteiger partial charge in [-0.05, 0) is 35.9 Å². The number of halogens is 1. The van der Waals surface area contributed by atoms with Gasteiger partial charge in [0, 0.05) is 18.8 Å². The second-order valence-electron chi connectivity index (χ2n) is 5.89. The minimum Gasteiger partial charge on any atom is -0.496 e. The molecule has 6 heteroatoms. The number of allylic oxidation sites excluding steroid dienone is 1. The molecule has 0 aliphatic carbocycles. The molecule has 0 spiro atoms. The van der Waals surface area contributed by atoms with Crippen molar-refractivity contribution in [2.75, 3.05) is 7.11 Å². The number of benzene rings is 2. The van der Waals surface area contributed by atoms with Crippen LogP contribution in [0.4, 0.5) is 0 Å². The van der Waals surface area contributed by atoms with Gasteiger partial charge in [-0.2, -0.15) is 5.10 Å². The van der Waals surface area contributed by atoms with Crippen LogP contribution in [0.15, 0.2) is 60.9 Å². The van der Waals surface area contributed by atoms with Gasteiger partial charge in [0.05, 0.1) is 23.9 Å². The summed E-state index contributed by atoms with van der Waals surface area (Å²) in [7, 11) is 3.38. The lowest BCUT2D eigenvalue weighted by Crippen LogP contribution is -2.00. The number of para-hydroxylation sites is 1. The number of carbonyl (C=O) groups excluding carboxylic acids is 1. The van der Waals surface area contributed by atoms with E-state index in [0.29, 0.717) is 28.7 Å². The van der Waals surface area contributed by atoms with Crippen molar-refractivity contribution in [2.45, 2.75) is 6.61 Å². The molecular formula is C21H19ClN2O3. The van der Waals surface area contributed by atoms with Crippen molar-refractivity contribution in [3.63, 3.8) is 0 Å². The summed E-state index contributed by atoms with van der Waals surface area (Å²) >= 11 is 6.13. The highest BCUT2D eigenvalue weighted by molar-refractivity contribution is 6.32. The molecule has 0 aliphatic rings. The first-order valence-corrected chi connectivity index (χ1v) is 8.70. The van der Waals surface area contributed by atoms with E-state index in [1.165, 1.54) is 6.08 Å². The van der Waals surface area contributed by atoms with Gasteiger partial charge in [0.15, 0.2) is 5.78 Å². The van der Waals surface area contributed by atoms with E-state index in [1.807, 2.05) is 36.4 Å². The zero-order valence-electron chi connectivity index (χ0n) is 15.1. The molecule has 5 nitrogen and oxygen atoms in total. The Balaban J connectivity index is 1.75. The summed E-state index contributed by atoms with van der Waals surface area (Å²) in [5.74, 6) is 1.21. The summed E-state index contributed by atoms with van der Waals surface area (Å²) in [5.41, 5.74) is 2.27. The Morgan fingerprint density at radius 3 is 2.74 bits per heavy atom. The number of aryl methyl sites for hydroxylation is 1. The number of carbonyl (C=O) groups is 1. The molecule has 0 atom stereocenters. The monoisotopic (exact) mass is 382 g/mol. The number of ether oxygens (including phenoxy) is 2. The molecule has 0 saturated carbocycles. The maximum Gasteiger partial charge on any atom is 0.189 e. The van der Waals surface area contributed by atoms with Crippen molar-refractivity contribution < 1.29 is 14.3 Å². The molecule has 27 heavy (non-hydrogen) atoms. The molecule has 0 saturated heterocycles. The lowest BCUT2D eigenvalue weighted by Gasteiger charge is -2.12. The average molecular weight is 383 g/mol. The molecule has 0 aliphatic heterocycles. The number of hydrogen-bond acceptors (Lipinski definition) is 4. The number of rotatable bonds is 7. The van der Waals surface area contributed by atoms with Crippen molar-refractivity contribution in [1.82, 2.24) is 9.78 Å². The molecule has 2 aromatic carbocycles. The van der Waals surface area contributed by atoms with Crippen molar-refractivity contribution in [2.24, 2.45) is 7.05 Å². The van der Waals surface area contributed by atoms with E-state index in [2.05, 4.69) is 5.10 Å². The predicted octanol–water partition coefficient (Wildman–Crippen LogP) is 4.56. The van der Waals surface area contributed by atoms with Gasteiger partial charge in [0.1, 0.15) is 18.1 Å². The Kier molecular flexibility index (Phi) is 5.94. The van der Waals surface area contributed by atoms with Crippen LogP contribution in [0.5, 0.6) is 11.5 Å². The first-order chi connectivity index (χ1) is 13.1. The Morgan fingerprint density at radius 2 is 2.04 bits per heavy atom. The summed E-state index contributed by atoms with van der Waals surface area (Å²) in [6.07, 6.45) is 6.51. The first-order valence-electron chi connectivity index (χ1n) is 8.32. The van der Waals surface area contributed by atoms with E-state index < -0.39 is 0 Å². The van der Waals surface area contributed by atoms with Gasteiger partial charge < -0.3 is 9.47 Å². The molecule has 0 bridgehead atoms. The highest BCUT2D eigenvalue weighted by Crippen LogP contribution is 2.27. The fraction of sp³-hybridized carbons (Fsp3) is 0.143. The van der Waals surface area contributed by atoms with Crippen LogP contribution in [-0.2, 0) is 13.7 Å². The summed E-state index contributed by atoms with van der Waals surface area (Å²) in [6.45, 7) is 0.297. The highest BCUT2D eigenvalue weighted by Gasteiger charge is 2.08. The van der Waals surface area contributed by atoms with Gasteiger partial charge in [0.2, 0.25) is 0 Å². The summed E-state index contributed by atoms with van der Waals surface area (Å²) in [6, 6.07) is 12.9.